The number of piperidine rings is 1. The predicted molar refractivity (Wildman–Crippen MR) is 77.6 cm³/mol. The molecule has 8 heteroatoms. The first-order valence-electron chi connectivity index (χ1n) is 6.67. The first-order valence-corrected chi connectivity index (χ1v) is 8.49. The van der Waals surface area contributed by atoms with Crippen LogP contribution in [0.2, 0.25) is 5.15 Å². The topological polar surface area (TPSA) is 87.6 Å². The quantitative estimate of drug-likeness (QED) is 0.852. The zero-order chi connectivity index (χ0) is 15.7. The molecule has 0 amide bonds. The van der Waals surface area contributed by atoms with Gasteiger partial charge in [-0.2, -0.15) is 4.31 Å². The Morgan fingerprint density at radius 2 is 2.10 bits per heavy atom. The number of carboxylic acid groups (broad SMARTS) is 1. The van der Waals surface area contributed by atoms with Gasteiger partial charge < -0.3 is 5.11 Å². The minimum atomic E-state index is -3.73. The van der Waals surface area contributed by atoms with Gasteiger partial charge in [-0.05, 0) is 31.4 Å². The van der Waals surface area contributed by atoms with Gasteiger partial charge in [0.2, 0.25) is 10.0 Å². The smallest absolute Gasteiger partial charge is 0.309 e. The highest BCUT2D eigenvalue weighted by Gasteiger charge is 2.43. The van der Waals surface area contributed by atoms with Crippen LogP contribution in [0.1, 0.15) is 26.2 Å². The zero-order valence-corrected chi connectivity index (χ0v) is 13.2. The van der Waals surface area contributed by atoms with E-state index in [1.165, 1.54) is 22.6 Å². The number of nitrogens with zero attached hydrogens (tertiary/aromatic N) is 2. The monoisotopic (exact) mass is 332 g/mol. The summed E-state index contributed by atoms with van der Waals surface area (Å²) in [6.45, 7) is 2.16. The number of carbonyl (C=O) groups is 1. The van der Waals surface area contributed by atoms with Crippen molar-refractivity contribution in [3.8, 4) is 0 Å². The fraction of sp³-hybridized carbons (Fsp3) is 0.538. The molecule has 1 N–H and O–H groups in total. The number of aliphatic carboxylic acids is 1. The first-order chi connectivity index (χ1) is 9.83. The highest BCUT2D eigenvalue weighted by atomic mass is 35.5. The van der Waals surface area contributed by atoms with Gasteiger partial charge in [-0.1, -0.05) is 18.5 Å². The number of halogens is 1. The molecule has 0 saturated carbocycles. The number of carboxylic acids is 1. The zero-order valence-electron chi connectivity index (χ0n) is 11.6. The molecule has 1 aliphatic heterocycles. The van der Waals surface area contributed by atoms with Crippen LogP contribution in [0, 0.1) is 5.41 Å². The SMILES string of the molecule is CCC1(C(=O)O)CCN(S(=O)(=O)c2cccnc2Cl)CC1. The fourth-order valence-corrected chi connectivity index (χ4v) is 4.45. The van der Waals surface area contributed by atoms with E-state index in [1.54, 1.807) is 0 Å². The maximum Gasteiger partial charge on any atom is 0.309 e. The number of hydrogen-bond acceptors (Lipinski definition) is 4. The van der Waals surface area contributed by atoms with Gasteiger partial charge in [0, 0.05) is 19.3 Å². The number of aromatic nitrogens is 1. The molecule has 0 spiro atoms. The van der Waals surface area contributed by atoms with E-state index in [-0.39, 0.29) is 23.1 Å². The molecule has 1 saturated heterocycles. The maximum atomic E-state index is 12.5. The molecular weight excluding hydrogens is 316 g/mol. The van der Waals surface area contributed by atoms with Gasteiger partial charge in [-0.15, -0.1) is 0 Å². The van der Waals surface area contributed by atoms with E-state index in [4.69, 9.17) is 11.6 Å². The molecule has 0 atom stereocenters. The molecule has 21 heavy (non-hydrogen) atoms. The van der Waals surface area contributed by atoms with Crippen molar-refractivity contribution in [2.45, 2.75) is 31.1 Å². The molecule has 1 aromatic heterocycles. The van der Waals surface area contributed by atoms with Gasteiger partial charge in [-0.3, -0.25) is 4.79 Å². The first kappa shape index (κ1) is 16.2. The van der Waals surface area contributed by atoms with Crippen molar-refractivity contribution in [2.24, 2.45) is 5.41 Å². The normalized spacial score (nSPS) is 19.3. The maximum absolute atomic E-state index is 12.5. The predicted octanol–water partition coefficient (Wildman–Crippen LogP) is 2.00. The Kier molecular flexibility index (Phi) is 4.55. The summed E-state index contributed by atoms with van der Waals surface area (Å²) in [7, 11) is -3.73. The number of rotatable bonds is 4. The third kappa shape index (κ3) is 2.90. The standard InChI is InChI=1S/C13H17ClN2O4S/c1-2-13(12(17)18)5-8-16(9-6-13)21(19,20)10-4-3-7-15-11(10)14/h3-4,7H,2,5-6,8-9H2,1H3,(H,17,18). The van der Waals surface area contributed by atoms with Gasteiger partial charge in [0.15, 0.2) is 0 Å². The van der Waals surface area contributed by atoms with E-state index in [0.717, 1.165) is 0 Å². The number of sulfonamides is 1. The average Bonchev–Trinajstić information content (AvgIpc) is 2.47. The second-order valence-corrected chi connectivity index (χ2v) is 7.40. The lowest BCUT2D eigenvalue weighted by molar-refractivity contribution is -0.151. The lowest BCUT2D eigenvalue weighted by Gasteiger charge is -2.37. The molecule has 0 bridgehead atoms. The Morgan fingerprint density at radius 1 is 1.48 bits per heavy atom. The number of pyridine rings is 1. The van der Waals surface area contributed by atoms with Gasteiger partial charge in [0.1, 0.15) is 10.0 Å². The van der Waals surface area contributed by atoms with Gasteiger partial charge in [0.05, 0.1) is 5.41 Å². The van der Waals surface area contributed by atoms with Crippen LogP contribution in [0.5, 0.6) is 0 Å². The van der Waals surface area contributed by atoms with Crippen LogP contribution < -0.4 is 0 Å². The average molecular weight is 333 g/mol. The largest absolute Gasteiger partial charge is 0.481 e. The van der Waals surface area contributed by atoms with Crippen LogP contribution in [0.25, 0.3) is 0 Å². The van der Waals surface area contributed by atoms with Crippen molar-refractivity contribution < 1.29 is 18.3 Å². The van der Waals surface area contributed by atoms with Crippen LogP contribution in [-0.4, -0.2) is 41.9 Å². The van der Waals surface area contributed by atoms with Crippen molar-refractivity contribution in [2.75, 3.05) is 13.1 Å². The summed E-state index contributed by atoms with van der Waals surface area (Å²) in [5.41, 5.74) is -0.829. The molecule has 0 aliphatic carbocycles. The van der Waals surface area contributed by atoms with Crippen molar-refractivity contribution in [1.82, 2.24) is 9.29 Å². The summed E-state index contributed by atoms with van der Waals surface area (Å²) in [6.07, 6.45) is 2.51. The Labute approximate surface area is 128 Å². The van der Waals surface area contributed by atoms with Crippen LogP contribution in [0.3, 0.4) is 0 Å². The molecule has 0 radical (unpaired) electrons. The molecule has 1 fully saturated rings. The second kappa shape index (κ2) is 5.90. The molecule has 1 aromatic rings. The lowest BCUT2D eigenvalue weighted by atomic mass is 9.77. The second-order valence-electron chi connectivity index (χ2n) is 5.14. The van der Waals surface area contributed by atoms with Crippen molar-refractivity contribution in [3.05, 3.63) is 23.5 Å². The Morgan fingerprint density at radius 3 is 2.57 bits per heavy atom. The highest BCUT2D eigenvalue weighted by molar-refractivity contribution is 7.89. The van der Waals surface area contributed by atoms with E-state index in [9.17, 15) is 18.3 Å². The van der Waals surface area contributed by atoms with Crippen molar-refractivity contribution in [3.63, 3.8) is 0 Å². The number of hydrogen-bond donors (Lipinski definition) is 1. The third-order valence-corrected chi connectivity index (χ3v) is 6.50. The Hall–Kier alpha value is -1.18. The molecule has 6 nitrogen and oxygen atoms in total. The third-order valence-electron chi connectivity index (χ3n) is 4.15. The summed E-state index contributed by atoms with van der Waals surface area (Å²) in [5.74, 6) is -0.860. The van der Waals surface area contributed by atoms with Gasteiger partial charge in [-0.25, -0.2) is 13.4 Å². The van der Waals surface area contributed by atoms with Crippen LogP contribution >= 0.6 is 11.6 Å². The molecule has 2 heterocycles. The van der Waals surface area contributed by atoms with Gasteiger partial charge >= 0.3 is 5.97 Å². The molecular formula is C13H17ClN2O4S. The lowest BCUT2D eigenvalue weighted by Crippen LogP contribution is -2.46. The highest BCUT2D eigenvalue weighted by Crippen LogP contribution is 2.37. The van der Waals surface area contributed by atoms with Crippen LogP contribution in [-0.2, 0) is 14.8 Å². The summed E-state index contributed by atoms with van der Waals surface area (Å²) < 4.78 is 26.3. The van der Waals surface area contributed by atoms with E-state index in [1.807, 2.05) is 6.92 Å². The molecule has 0 unspecified atom stereocenters. The summed E-state index contributed by atoms with van der Waals surface area (Å²) >= 11 is 5.85. The fourth-order valence-electron chi connectivity index (χ4n) is 2.58. The van der Waals surface area contributed by atoms with E-state index >= 15 is 0 Å². The van der Waals surface area contributed by atoms with Gasteiger partial charge in [0.25, 0.3) is 0 Å². The molecule has 1 aliphatic rings. The van der Waals surface area contributed by atoms with E-state index < -0.39 is 21.4 Å². The van der Waals surface area contributed by atoms with Crippen LogP contribution in [0.4, 0.5) is 0 Å². The molecule has 116 valence electrons. The minimum Gasteiger partial charge on any atom is -0.481 e. The van der Waals surface area contributed by atoms with Crippen LogP contribution in [0.15, 0.2) is 23.2 Å². The van der Waals surface area contributed by atoms with Crippen molar-refractivity contribution in [1.29, 1.82) is 0 Å². The van der Waals surface area contributed by atoms with E-state index in [2.05, 4.69) is 4.98 Å². The minimum absolute atomic E-state index is 0.0361. The van der Waals surface area contributed by atoms with E-state index in [0.29, 0.717) is 19.3 Å². The molecule has 0 aromatic carbocycles. The summed E-state index contributed by atoms with van der Waals surface area (Å²) in [5, 5.41) is 9.27. The molecule has 2 rings (SSSR count). The Bertz CT molecular complexity index is 639. The van der Waals surface area contributed by atoms with Crippen molar-refractivity contribution >= 4 is 27.6 Å². The summed E-state index contributed by atoms with van der Waals surface area (Å²) in [6, 6.07) is 2.92. The summed E-state index contributed by atoms with van der Waals surface area (Å²) in [4.78, 5) is 15.1. The Balaban J connectivity index is 2.23.